The molecule has 3 rings (SSSR count). The molecule has 0 saturated carbocycles. The summed E-state index contributed by atoms with van der Waals surface area (Å²) in [5.41, 5.74) is 0.468. The van der Waals surface area contributed by atoms with E-state index in [0.717, 1.165) is 0 Å². The lowest BCUT2D eigenvalue weighted by Gasteiger charge is -2.31. The van der Waals surface area contributed by atoms with Crippen LogP contribution in [0.4, 0.5) is 0 Å². The Labute approximate surface area is 139 Å². The number of rotatable bonds is 2. The summed E-state index contributed by atoms with van der Waals surface area (Å²) in [6.07, 6.45) is 1.22. The highest BCUT2D eigenvalue weighted by Crippen LogP contribution is 2.38. The molecule has 2 aliphatic rings. The van der Waals surface area contributed by atoms with Crippen LogP contribution in [0.2, 0.25) is 5.02 Å². The molecular weight excluding hydrogens is 322 g/mol. The first-order valence-electron chi connectivity index (χ1n) is 7.56. The fourth-order valence-corrected chi connectivity index (χ4v) is 3.17. The highest BCUT2D eigenvalue weighted by Gasteiger charge is 2.29. The van der Waals surface area contributed by atoms with E-state index in [2.05, 4.69) is 0 Å². The number of hydrogen-bond acceptors (Lipinski definition) is 5. The summed E-state index contributed by atoms with van der Waals surface area (Å²) >= 11 is 6.18. The van der Waals surface area contributed by atoms with Crippen LogP contribution in [-0.4, -0.2) is 50.2 Å². The normalized spacial score (nSPS) is 17.7. The third-order valence-corrected chi connectivity index (χ3v) is 4.44. The third kappa shape index (κ3) is 3.22. The van der Waals surface area contributed by atoms with Crippen LogP contribution in [0.3, 0.4) is 0 Å². The second-order valence-electron chi connectivity index (χ2n) is 5.57. The van der Waals surface area contributed by atoms with Crippen molar-refractivity contribution in [2.75, 3.05) is 33.4 Å². The molecule has 124 valence electrons. The summed E-state index contributed by atoms with van der Waals surface area (Å²) in [7, 11) is 1.39. The van der Waals surface area contributed by atoms with Gasteiger partial charge in [-0.25, -0.2) is 0 Å². The van der Waals surface area contributed by atoms with Gasteiger partial charge in [-0.3, -0.25) is 9.59 Å². The van der Waals surface area contributed by atoms with Gasteiger partial charge in [0.25, 0.3) is 5.91 Å². The standard InChI is InChI=1S/C16H18ClNO5/c1-21-16(20)10-2-4-18(5-3-10)15(19)11-8-12(17)14-13(9-11)22-6-7-23-14/h8-10H,2-7H2,1H3. The highest BCUT2D eigenvalue weighted by molar-refractivity contribution is 6.32. The third-order valence-electron chi connectivity index (χ3n) is 4.16. The van der Waals surface area contributed by atoms with Gasteiger partial charge in [-0.1, -0.05) is 11.6 Å². The molecule has 0 radical (unpaired) electrons. The molecule has 7 heteroatoms. The van der Waals surface area contributed by atoms with E-state index in [-0.39, 0.29) is 17.8 Å². The van der Waals surface area contributed by atoms with Crippen molar-refractivity contribution >= 4 is 23.5 Å². The highest BCUT2D eigenvalue weighted by atomic mass is 35.5. The van der Waals surface area contributed by atoms with Crippen molar-refractivity contribution in [2.24, 2.45) is 5.92 Å². The van der Waals surface area contributed by atoms with Crippen LogP contribution in [0.25, 0.3) is 0 Å². The number of carbonyl (C=O) groups excluding carboxylic acids is 2. The molecule has 1 aromatic carbocycles. The fraction of sp³-hybridized carbons (Fsp3) is 0.500. The zero-order valence-corrected chi connectivity index (χ0v) is 13.6. The Morgan fingerprint density at radius 2 is 1.91 bits per heavy atom. The summed E-state index contributed by atoms with van der Waals surface area (Å²) < 4.78 is 15.7. The number of methoxy groups -OCH3 is 1. The van der Waals surface area contributed by atoms with Crippen molar-refractivity contribution in [1.82, 2.24) is 4.90 Å². The molecule has 0 bridgehead atoms. The first-order valence-corrected chi connectivity index (χ1v) is 7.94. The van der Waals surface area contributed by atoms with Gasteiger partial charge in [-0.2, -0.15) is 0 Å². The number of carbonyl (C=O) groups is 2. The van der Waals surface area contributed by atoms with Crippen LogP contribution in [0, 0.1) is 5.92 Å². The molecule has 0 aliphatic carbocycles. The van der Waals surface area contributed by atoms with E-state index in [9.17, 15) is 9.59 Å². The number of halogens is 1. The predicted octanol–water partition coefficient (Wildman–Crippen LogP) is 2.14. The van der Waals surface area contributed by atoms with E-state index in [4.69, 9.17) is 25.8 Å². The van der Waals surface area contributed by atoms with Gasteiger partial charge >= 0.3 is 5.97 Å². The summed E-state index contributed by atoms with van der Waals surface area (Å²) in [4.78, 5) is 25.9. The van der Waals surface area contributed by atoms with E-state index in [1.807, 2.05) is 0 Å². The Kier molecular flexibility index (Phi) is 4.61. The number of amides is 1. The van der Waals surface area contributed by atoms with Crippen LogP contribution in [0.15, 0.2) is 12.1 Å². The van der Waals surface area contributed by atoms with Gasteiger partial charge in [0.15, 0.2) is 11.5 Å². The summed E-state index contributed by atoms with van der Waals surface area (Å²) in [5, 5.41) is 0.370. The van der Waals surface area contributed by atoms with Gasteiger partial charge in [-0.15, -0.1) is 0 Å². The molecule has 0 N–H and O–H groups in total. The van der Waals surface area contributed by atoms with E-state index in [0.29, 0.717) is 61.2 Å². The number of esters is 1. The predicted molar refractivity (Wildman–Crippen MR) is 83.1 cm³/mol. The molecule has 0 spiro atoms. The van der Waals surface area contributed by atoms with Crippen molar-refractivity contribution in [2.45, 2.75) is 12.8 Å². The van der Waals surface area contributed by atoms with Crippen LogP contribution < -0.4 is 9.47 Å². The maximum atomic E-state index is 12.6. The number of likely N-dealkylation sites (tertiary alicyclic amines) is 1. The summed E-state index contributed by atoms with van der Waals surface area (Å²) in [5.74, 6) is 0.523. The Bertz CT molecular complexity index is 625. The molecule has 0 aromatic heterocycles. The zero-order chi connectivity index (χ0) is 16.4. The maximum absolute atomic E-state index is 12.6. The van der Waals surface area contributed by atoms with Crippen LogP contribution in [0.5, 0.6) is 11.5 Å². The molecule has 2 heterocycles. The number of hydrogen-bond donors (Lipinski definition) is 0. The monoisotopic (exact) mass is 339 g/mol. The van der Waals surface area contributed by atoms with E-state index < -0.39 is 0 Å². The lowest BCUT2D eigenvalue weighted by molar-refractivity contribution is -0.146. The molecule has 0 unspecified atom stereocenters. The van der Waals surface area contributed by atoms with Crippen LogP contribution in [-0.2, 0) is 9.53 Å². The second-order valence-corrected chi connectivity index (χ2v) is 5.98. The van der Waals surface area contributed by atoms with E-state index >= 15 is 0 Å². The lowest BCUT2D eigenvalue weighted by Crippen LogP contribution is -2.40. The van der Waals surface area contributed by atoms with E-state index in [1.54, 1.807) is 17.0 Å². The van der Waals surface area contributed by atoms with Crippen molar-refractivity contribution in [3.8, 4) is 11.5 Å². The van der Waals surface area contributed by atoms with Crippen molar-refractivity contribution in [1.29, 1.82) is 0 Å². The average molecular weight is 340 g/mol. The minimum absolute atomic E-state index is 0.118. The van der Waals surface area contributed by atoms with E-state index in [1.165, 1.54) is 7.11 Å². The van der Waals surface area contributed by atoms with Crippen LogP contribution >= 0.6 is 11.6 Å². The maximum Gasteiger partial charge on any atom is 0.308 e. The smallest absolute Gasteiger partial charge is 0.308 e. The Morgan fingerprint density at radius 3 is 2.61 bits per heavy atom. The largest absolute Gasteiger partial charge is 0.486 e. The van der Waals surface area contributed by atoms with Crippen molar-refractivity contribution in [3.63, 3.8) is 0 Å². The number of ether oxygens (including phenoxy) is 3. The topological polar surface area (TPSA) is 65.1 Å². The summed E-state index contributed by atoms with van der Waals surface area (Å²) in [6.45, 7) is 1.92. The quantitative estimate of drug-likeness (QED) is 0.772. The minimum atomic E-state index is -0.209. The molecule has 2 aliphatic heterocycles. The van der Waals surface area contributed by atoms with Crippen molar-refractivity contribution < 1.29 is 23.8 Å². The van der Waals surface area contributed by atoms with Gasteiger partial charge in [0.2, 0.25) is 0 Å². The molecule has 1 amide bonds. The van der Waals surface area contributed by atoms with Crippen LogP contribution in [0.1, 0.15) is 23.2 Å². The minimum Gasteiger partial charge on any atom is -0.486 e. The Hall–Kier alpha value is -1.95. The molecule has 1 aromatic rings. The first-order chi connectivity index (χ1) is 11.1. The number of nitrogens with zero attached hydrogens (tertiary/aromatic N) is 1. The molecule has 1 saturated heterocycles. The Balaban J connectivity index is 1.72. The molecular formula is C16H18ClNO5. The number of piperidine rings is 1. The van der Waals surface area contributed by atoms with Gasteiger partial charge < -0.3 is 19.1 Å². The van der Waals surface area contributed by atoms with Gasteiger partial charge in [0.05, 0.1) is 18.1 Å². The molecule has 1 fully saturated rings. The fourth-order valence-electron chi connectivity index (χ4n) is 2.90. The molecule has 23 heavy (non-hydrogen) atoms. The van der Waals surface area contributed by atoms with Gasteiger partial charge in [-0.05, 0) is 25.0 Å². The average Bonchev–Trinajstić information content (AvgIpc) is 2.60. The first kappa shape index (κ1) is 15.9. The second kappa shape index (κ2) is 6.66. The SMILES string of the molecule is COC(=O)C1CCN(C(=O)c2cc(Cl)c3c(c2)OCCO3)CC1. The number of benzene rings is 1. The number of fused-ring (bicyclic) bond motifs is 1. The molecule has 0 atom stereocenters. The van der Waals surface area contributed by atoms with Gasteiger partial charge in [0, 0.05) is 18.7 Å². The Morgan fingerprint density at radius 1 is 1.22 bits per heavy atom. The van der Waals surface area contributed by atoms with Crippen molar-refractivity contribution in [3.05, 3.63) is 22.7 Å². The zero-order valence-electron chi connectivity index (χ0n) is 12.8. The summed E-state index contributed by atoms with van der Waals surface area (Å²) in [6, 6.07) is 3.26. The van der Waals surface area contributed by atoms with Gasteiger partial charge in [0.1, 0.15) is 13.2 Å². The lowest BCUT2D eigenvalue weighted by atomic mass is 9.96. The molecule has 6 nitrogen and oxygen atoms in total.